The van der Waals surface area contributed by atoms with Crippen LogP contribution in [0, 0.1) is 5.82 Å². The predicted octanol–water partition coefficient (Wildman–Crippen LogP) is 2.02. The molecule has 0 heterocycles. The van der Waals surface area contributed by atoms with E-state index in [9.17, 15) is 14.0 Å². The third-order valence-electron chi connectivity index (χ3n) is 3.75. The molecule has 0 atom stereocenters. The van der Waals surface area contributed by atoms with Gasteiger partial charge in [-0.2, -0.15) is 5.10 Å². The highest BCUT2D eigenvalue weighted by Crippen LogP contribution is 2.28. The number of rotatable bonds is 10. The van der Waals surface area contributed by atoms with E-state index in [-0.39, 0.29) is 19.0 Å². The van der Waals surface area contributed by atoms with Gasteiger partial charge >= 0.3 is 11.8 Å². The summed E-state index contributed by atoms with van der Waals surface area (Å²) in [5, 5.41) is 6.16. The predicted molar refractivity (Wildman–Crippen MR) is 109 cm³/mol. The normalized spacial score (nSPS) is 10.6. The Labute approximate surface area is 174 Å². The summed E-state index contributed by atoms with van der Waals surface area (Å²) < 4.78 is 29.1. The molecule has 0 radical (unpaired) electrons. The van der Waals surface area contributed by atoms with Crippen molar-refractivity contribution in [2.45, 2.75) is 13.5 Å². The van der Waals surface area contributed by atoms with Gasteiger partial charge < -0.3 is 19.5 Å². The fraction of sp³-hybridized carbons (Fsp3) is 0.286. The third-order valence-corrected chi connectivity index (χ3v) is 3.75. The Morgan fingerprint density at radius 1 is 1.07 bits per heavy atom. The lowest BCUT2D eigenvalue weighted by Crippen LogP contribution is -2.39. The third kappa shape index (κ3) is 7.51. The number of nitrogens with zero attached hydrogens (tertiary/aromatic N) is 1. The number of hydrazone groups is 1. The molecule has 0 saturated heterocycles. The zero-order valence-corrected chi connectivity index (χ0v) is 16.8. The monoisotopic (exact) mass is 417 g/mol. The van der Waals surface area contributed by atoms with Crippen molar-refractivity contribution in [2.75, 3.05) is 26.9 Å². The summed E-state index contributed by atoms with van der Waals surface area (Å²) in [5.74, 6) is -0.987. The van der Waals surface area contributed by atoms with Gasteiger partial charge in [0.15, 0.2) is 11.5 Å². The molecule has 0 fully saturated rings. The molecule has 160 valence electrons. The van der Waals surface area contributed by atoms with E-state index in [0.29, 0.717) is 30.3 Å². The van der Waals surface area contributed by atoms with Gasteiger partial charge in [-0.15, -0.1) is 0 Å². The highest BCUT2D eigenvalue weighted by Gasteiger charge is 2.11. The molecular weight excluding hydrogens is 393 g/mol. The van der Waals surface area contributed by atoms with Crippen LogP contribution in [0.25, 0.3) is 0 Å². The number of carbonyl (C=O) groups is 2. The maximum atomic E-state index is 13.0. The first-order valence-corrected chi connectivity index (χ1v) is 9.27. The van der Waals surface area contributed by atoms with E-state index in [1.54, 1.807) is 30.3 Å². The Morgan fingerprint density at radius 3 is 2.53 bits per heavy atom. The molecule has 0 aromatic heterocycles. The van der Waals surface area contributed by atoms with Gasteiger partial charge in [0.2, 0.25) is 0 Å². The first-order valence-electron chi connectivity index (χ1n) is 9.27. The molecule has 0 spiro atoms. The number of ether oxygens (including phenoxy) is 3. The number of hydrogen-bond donors (Lipinski definition) is 2. The second-order valence-electron chi connectivity index (χ2n) is 6.00. The van der Waals surface area contributed by atoms with Crippen LogP contribution in [-0.4, -0.2) is 44.9 Å². The molecule has 30 heavy (non-hydrogen) atoms. The number of nitrogens with one attached hydrogen (secondary N) is 2. The first kappa shape index (κ1) is 22.8. The fourth-order valence-electron chi connectivity index (χ4n) is 2.30. The lowest BCUT2D eigenvalue weighted by atomic mass is 10.2. The van der Waals surface area contributed by atoms with Gasteiger partial charge in [0.1, 0.15) is 12.4 Å². The topological polar surface area (TPSA) is 98.2 Å². The van der Waals surface area contributed by atoms with Crippen LogP contribution in [0.2, 0.25) is 0 Å². The van der Waals surface area contributed by atoms with Crippen molar-refractivity contribution in [3.8, 4) is 11.5 Å². The van der Waals surface area contributed by atoms with Crippen molar-refractivity contribution in [3.63, 3.8) is 0 Å². The molecule has 0 bridgehead atoms. The summed E-state index contributed by atoms with van der Waals surface area (Å²) in [6.07, 6.45) is 1.38. The molecular formula is C21H24FN3O5. The molecule has 8 nitrogen and oxygen atoms in total. The highest BCUT2D eigenvalue weighted by atomic mass is 19.1. The average molecular weight is 417 g/mol. The summed E-state index contributed by atoms with van der Waals surface area (Å²) in [5.41, 5.74) is 3.60. The van der Waals surface area contributed by atoms with Crippen LogP contribution >= 0.6 is 0 Å². The molecule has 2 aromatic carbocycles. The van der Waals surface area contributed by atoms with E-state index >= 15 is 0 Å². The van der Waals surface area contributed by atoms with Crippen molar-refractivity contribution in [3.05, 3.63) is 59.4 Å². The molecule has 0 saturated carbocycles. The zero-order valence-electron chi connectivity index (χ0n) is 16.8. The quantitative estimate of drug-likeness (QED) is 0.267. The van der Waals surface area contributed by atoms with E-state index in [2.05, 4.69) is 15.8 Å². The second-order valence-corrected chi connectivity index (χ2v) is 6.00. The van der Waals surface area contributed by atoms with Crippen LogP contribution < -0.4 is 20.2 Å². The highest BCUT2D eigenvalue weighted by molar-refractivity contribution is 6.35. The minimum atomic E-state index is -0.883. The van der Waals surface area contributed by atoms with Gasteiger partial charge in [-0.3, -0.25) is 9.59 Å². The molecule has 0 unspecified atom stereocenters. The Balaban J connectivity index is 1.96. The number of hydrogen-bond acceptors (Lipinski definition) is 6. The standard InChI is InChI=1S/C21H24FN3O5/c1-3-29-19-12-16(13-24-25-21(27)20(26)23-10-11-28-2)6-9-18(19)30-14-15-4-7-17(22)8-5-15/h4-9,12-13H,3,10-11,14H2,1-2H3,(H,23,26)(H,25,27)/b24-13-. The molecule has 2 amide bonds. The van der Waals surface area contributed by atoms with Crippen LogP contribution in [0.4, 0.5) is 4.39 Å². The molecule has 2 aromatic rings. The molecule has 9 heteroatoms. The van der Waals surface area contributed by atoms with Crippen LogP contribution in [-0.2, 0) is 20.9 Å². The number of carbonyl (C=O) groups excluding carboxylic acids is 2. The molecule has 0 aliphatic carbocycles. The maximum absolute atomic E-state index is 13.0. The van der Waals surface area contributed by atoms with E-state index < -0.39 is 11.8 Å². The summed E-state index contributed by atoms with van der Waals surface area (Å²) in [4.78, 5) is 23.2. The second kappa shape index (κ2) is 12.2. The van der Waals surface area contributed by atoms with Gasteiger partial charge in [0.05, 0.1) is 19.4 Å². The van der Waals surface area contributed by atoms with Crippen LogP contribution in [0.1, 0.15) is 18.1 Å². The fourth-order valence-corrected chi connectivity index (χ4v) is 2.30. The summed E-state index contributed by atoms with van der Waals surface area (Å²) in [6, 6.07) is 11.1. The maximum Gasteiger partial charge on any atom is 0.329 e. The van der Waals surface area contributed by atoms with E-state index in [4.69, 9.17) is 14.2 Å². The van der Waals surface area contributed by atoms with Crippen molar-refractivity contribution >= 4 is 18.0 Å². The Kier molecular flexibility index (Phi) is 9.26. The first-order chi connectivity index (χ1) is 14.5. The molecule has 2 rings (SSSR count). The summed E-state index contributed by atoms with van der Waals surface area (Å²) in [7, 11) is 1.49. The minimum absolute atomic E-state index is 0.226. The number of benzene rings is 2. The van der Waals surface area contributed by atoms with Crippen molar-refractivity contribution in [2.24, 2.45) is 5.10 Å². The van der Waals surface area contributed by atoms with Gasteiger partial charge in [0.25, 0.3) is 0 Å². The smallest absolute Gasteiger partial charge is 0.329 e. The lowest BCUT2D eigenvalue weighted by Gasteiger charge is -2.12. The van der Waals surface area contributed by atoms with E-state index in [1.807, 2.05) is 6.92 Å². The minimum Gasteiger partial charge on any atom is -0.490 e. The van der Waals surface area contributed by atoms with Gasteiger partial charge in [-0.05, 0) is 48.4 Å². The molecule has 0 aliphatic heterocycles. The van der Waals surface area contributed by atoms with Crippen LogP contribution in [0.15, 0.2) is 47.6 Å². The molecule has 2 N–H and O–H groups in total. The Bertz CT molecular complexity index is 871. The van der Waals surface area contributed by atoms with Crippen molar-refractivity contribution in [1.82, 2.24) is 10.7 Å². The largest absolute Gasteiger partial charge is 0.490 e. The number of halogens is 1. The van der Waals surface area contributed by atoms with E-state index in [1.165, 1.54) is 25.5 Å². The molecule has 0 aliphatic rings. The van der Waals surface area contributed by atoms with Crippen molar-refractivity contribution in [1.29, 1.82) is 0 Å². The van der Waals surface area contributed by atoms with E-state index in [0.717, 1.165) is 5.56 Å². The zero-order chi connectivity index (χ0) is 21.8. The lowest BCUT2D eigenvalue weighted by molar-refractivity contribution is -0.139. The van der Waals surface area contributed by atoms with Gasteiger partial charge in [0, 0.05) is 13.7 Å². The van der Waals surface area contributed by atoms with Crippen molar-refractivity contribution < 1.29 is 28.2 Å². The van der Waals surface area contributed by atoms with Crippen LogP contribution in [0.5, 0.6) is 11.5 Å². The number of amides is 2. The van der Waals surface area contributed by atoms with Crippen LogP contribution in [0.3, 0.4) is 0 Å². The van der Waals surface area contributed by atoms with Gasteiger partial charge in [-0.1, -0.05) is 12.1 Å². The summed E-state index contributed by atoms with van der Waals surface area (Å²) >= 11 is 0. The Morgan fingerprint density at radius 2 is 1.83 bits per heavy atom. The average Bonchev–Trinajstić information content (AvgIpc) is 2.74. The Hall–Kier alpha value is -3.46. The summed E-state index contributed by atoms with van der Waals surface area (Å²) in [6.45, 7) is 3.04. The SMILES string of the molecule is CCOc1cc(/C=N\NC(=O)C(=O)NCCOC)ccc1OCc1ccc(F)cc1. The number of methoxy groups -OCH3 is 1. The van der Waals surface area contributed by atoms with Gasteiger partial charge in [-0.25, -0.2) is 9.82 Å².